The first-order chi connectivity index (χ1) is 13.0. The number of anilines is 2. The van der Waals surface area contributed by atoms with Gasteiger partial charge in [-0.15, -0.1) is 21.5 Å². The third kappa shape index (κ3) is 3.55. The number of pyridine rings is 1. The van der Waals surface area contributed by atoms with Gasteiger partial charge in [0.15, 0.2) is 10.8 Å². The van der Waals surface area contributed by atoms with Gasteiger partial charge >= 0.3 is 0 Å². The van der Waals surface area contributed by atoms with Gasteiger partial charge in [0.05, 0.1) is 17.8 Å². The van der Waals surface area contributed by atoms with Crippen molar-refractivity contribution < 1.29 is 9.59 Å². The van der Waals surface area contributed by atoms with Crippen LogP contribution >= 0.6 is 11.3 Å². The lowest BCUT2D eigenvalue weighted by Crippen LogP contribution is -2.23. The molecule has 3 aromatic rings. The van der Waals surface area contributed by atoms with Crippen LogP contribution in [0.2, 0.25) is 0 Å². The maximum Gasteiger partial charge on any atom is 0.230 e. The van der Waals surface area contributed by atoms with Gasteiger partial charge in [-0.2, -0.15) is 0 Å². The van der Waals surface area contributed by atoms with Gasteiger partial charge in [-0.25, -0.2) is 4.98 Å². The standard InChI is InChI=1S/C18H20N6O2S/c1-11(2)17-22-21-14-6-5-12(9-24(14)17)19-15(25)8-13-10-27-18(20-13)23-7-3-4-16(23)26/h5-6,9-11H,3-4,7-8H2,1-2H3,(H,19,25). The van der Waals surface area contributed by atoms with Gasteiger partial charge in [0.25, 0.3) is 0 Å². The van der Waals surface area contributed by atoms with E-state index in [9.17, 15) is 9.59 Å². The average molecular weight is 384 g/mol. The van der Waals surface area contributed by atoms with Crippen molar-refractivity contribution in [3.05, 3.63) is 35.2 Å². The second-order valence-electron chi connectivity index (χ2n) is 6.85. The molecule has 4 rings (SSSR count). The number of nitrogens with zero attached hydrogens (tertiary/aromatic N) is 5. The summed E-state index contributed by atoms with van der Waals surface area (Å²) in [5.74, 6) is 1.02. The molecule has 1 saturated heterocycles. The average Bonchev–Trinajstić information content (AvgIpc) is 3.33. The van der Waals surface area contributed by atoms with Crippen LogP contribution in [0, 0.1) is 0 Å². The van der Waals surface area contributed by atoms with Crippen LogP contribution in [0.3, 0.4) is 0 Å². The third-order valence-electron chi connectivity index (χ3n) is 4.41. The number of thiazole rings is 1. The molecule has 1 aliphatic rings. The Morgan fingerprint density at radius 2 is 2.19 bits per heavy atom. The summed E-state index contributed by atoms with van der Waals surface area (Å²) >= 11 is 1.40. The van der Waals surface area contributed by atoms with Crippen LogP contribution in [0.15, 0.2) is 23.7 Å². The molecule has 4 heterocycles. The SMILES string of the molecule is CC(C)c1nnc2ccc(NC(=O)Cc3csc(N4CCCC4=O)n3)cn12. The van der Waals surface area contributed by atoms with Gasteiger partial charge in [-0.1, -0.05) is 13.8 Å². The molecule has 0 aromatic carbocycles. The van der Waals surface area contributed by atoms with Crippen molar-refractivity contribution in [2.24, 2.45) is 0 Å². The quantitative estimate of drug-likeness (QED) is 0.730. The lowest BCUT2D eigenvalue weighted by atomic mass is 10.2. The molecule has 0 bridgehead atoms. The van der Waals surface area contributed by atoms with Crippen LogP contribution in [0.5, 0.6) is 0 Å². The molecule has 0 atom stereocenters. The molecule has 0 unspecified atom stereocenters. The number of hydrogen-bond acceptors (Lipinski definition) is 6. The highest BCUT2D eigenvalue weighted by atomic mass is 32.1. The third-order valence-corrected chi connectivity index (χ3v) is 5.33. The Balaban J connectivity index is 1.45. The predicted molar refractivity (Wildman–Crippen MR) is 103 cm³/mol. The van der Waals surface area contributed by atoms with Crippen molar-refractivity contribution in [3.8, 4) is 0 Å². The second kappa shape index (κ2) is 7.07. The van der Waals surface area contributed by atoms with Gasteiger partial charge in [0.1, 0.15) is 5.82 Å². The van der Waals surface area contributed by atoms with E-state index in [4.69, 9.17) is 0 Å². The number of hydrogen-bond donors (Lipinski definition) is 1. The summed E-state index contributed by atoms with van der Waals surface area (Å²) in [5, 5.41) is 13.7. The largest absolute Gasteiger partial charge is 0.324 e. The highest BCUT2D eigenvalue weighted by Crippen LogP contribution is 2.25. The minimum absolute atomic E-state index is 0.101. The number of fused-ring (bicyclic) bond motifs is 1. The number of aromatic nitrogens is 4. The van der Waals surface area contributed by atoms with E-state index in [0.29, 0.717) is 29.5 Å². The zero-order chi connectivity index (χ0) is 19.0. The van der Waals surface area contributed by atoms with Crippen LogP contribution in [0.1, 0.15) is 44.1 Å². The van der Waals surface area contributed by atoms with E-state index in [1.54, 1.807) is 11.0 Å². The summed E-state index contributed by atoms with van der Waals surface area (Å²) < 4.78 is 1.89. The van der Waals surface area contributed by atoms with Crippen molar-refractivity contribution in [1.82, 2.24) is 19.6 Å². The highest BCUT2D eigenvalue weighted by Gasteiger charge is 2.24. The molecule has 1 N–H and O–H groups in total. The number of carbonyl (C=O) groups excluding carboxylic acids is 2. The van der Waals surface area contributed by atoms with Gasteiger partial charge < -0.3 is 5.32 Å². The molecule has 0 saturated carbocycles. The van der Waals surface area contributed by atoms with E-state index >= 15 is 0 Å². The van der Waals surface area contributed by atoms with Gasteiger partial charge in [0.2, 0.25) is 11.8 Å². The lowest BCUT2D eigenvalue weighted by Gasteiger charge is -2.10. The first-order valence-electron chi connectivity index (χ1n) is 8.90. The fraction of sp³-hybridized carbons (Fsp3) is 0.389. The second-order valence-corrected chi connectivity index (χ2v) is 7.69. The van der Waals surface area contributed by atoms with Crippen molar-refractivity contribution in [2.75, 3.05) is 16.8 Å². The van der Waals surface area contributed by atoms with Crippen molar-refractivity contribution in [2.45, 2.75) is 39.0 Å². The number of rotatable bonds is 5. The Bertz CT molecular complexity index is 1010. The zero-order valence-electron chi connectivity index (χ0n) is 15.2. The topological polar surface area (TPSA) is 92.5 Å². The normalized spacial score (nSPS) is 14.5. The van der Waals surface area contributed by atoms with Gasteiger partial charge in [-0.3, -0.25) is 18.9 Å². The van der Waals surface area contributed by atoms with Crippen LogP contribution < -0.4 is 10.2 Å². The Hall–Kier alpha value is -2.81. The van der Waals surface area contributed by atoms with Crippen LogP contribution in [0.25, 0.3) is 5.65 Å². The molecular weight excluding hydrogens is 364 g/mol. The monoisotopic (exact) mass is 384 g/mol. The van der Waals surface area contributed by atoms with Crippen LogP contribution in [0.4, 0.5) is 10.8 Å². The number of nitrogens with one attached hydrogen (secondary N) is 1. The van der Waals surface area contributed by atoms with Crippen LogP contribution in [-0.4, -0.2) is 37.9 Å². The maximum absolute atomic E-state index is 12.4. The number of carbonyl (C=O) groups is 2. The summed E-state index contributed by atoms with van der Waals surface area (Å²) in [4.78, 5) is 30.3. The highest BCUT2D eigenvalue weighted by molar-refractivity contribution is 7.14. The molecule has 2 amide bonds. The smallest absolute Gasteiger partial charge is 0.230 e. The summed E-state index contributed by atoms with van der Waals surface area (Å²) in [6.07, 6.45) is 3.42. The van der Waals surface area contributed by atoms with E-state index in [-0.39, 0.29) is 24.2 Å². The fourth-order valence-corrected chi connectivity index (χ4v) is 3.97. The van der Waals surface area contributed by atoms with Gasteiger partial charge in [0, 0.05) is 30.5 Å². The van der Waals surface area contributed by atoms with E-state index < -0.39 is 0 Å². The van der Waals surface area contributed by atoms with Crippen molar-refractivity contribution >= 4 is 39.6 Å². The molecular formula is C18H20N6O2S. The molecule has 9 heteroatoms. The minimum atomic E-state index is -0.155. The Labute approximate surface area is 160 Å². The van der Waals surface area contributed by atoms with E-state index in [2.05, 4.69) is 20.5 Å². The molecule has 1 aliphatic heterocycles. The predicted octanol–water partition coefficient (Wildman–Crippen LogP) is 2.62. The lowest BCUT2D eigenvalue weighted by molar-refractivity contribution is -0.117. The first-order valence-corrected chi connectivity index (χ1v) is 9.78. The van der Waals surface area contributed by atoms with Gasteiger partial charge in [-0.05, 0) is 18.6 Å². The molecule has 1 fully saturated rings. The molecule has 27 heavy (non-hydrogen) atoms. The molecule has 0 spiro atoms. The van der Waals surface area contributed by atoms with E-state index in [1.165, 1.54) is 11.3 Å². The molecule has 3 aromatic heterocycles. The van der Waals surface area contributed by atoms with Crippen molar-refractivity contribution in [3.63, 3.8) is 0 Å². The fourth-order valence-electron chi connectivity index (χ4n) is 3.10. The maximum atomic E-state index is 12.4. The van der Waals surface area contributed by atoms with E-state index in [1.807, 2.05) is 35.9 Å². The molecule has 0 radical (unpaired) electrons. The summed E-state index contributed by atoms with van der Waals surface area (Å²) in [6.45, 7) is 4.80. The van der Waals surface area contributed by atoms with Crippen LogP contribution in [-0.2, 0) is 16.0 Å². The minimum Gasteiger partial charge on any atom is -0.324 e. The first kappa shape index (κ1) is 17.6. The Kier molecular flexibility index (Phi) is 4.61. The molecule has 8 nitrogen and oxygen atoms in total. The molecule has 140 valence electrons. The van der Waals surface area contributed by atoms with E-state index in [0.717, 1.165) is 17.9 Å². The van der Waals surface area contributed by atoms with Crippen molar-refractivity contribution in [1.29, 1.82) is 0 Å². The zero-order valence-corrected chi connectivity index (χ0v) is 16.0. The molecule has 0 aliphatic carbocycles. The summed E-state index contributed by atoms with van der Waals surface area (Å²) in [5.41, 5.74) is 2.09. The number of amides is 2. The Morgan fingerprint density at radius 3 is 2.93 bits per heavy atom. The summed E-state index contributed by atoms with van der Waals surface area (Å²) in [7, 11) is 0. The Morgan fingerprint density at radius 1 is 1.33 bits per heavy atom. The summed E-state index contributed by atoms with van der Waals surface area (Å²) in [6, 6.07) is 3.63.